The number of hydrogen-bond acceptors (Lipinski definition) is 1. The smallest absolute Gasteiger partial charge is 0.307 e. The minimum atomic E-state index is -0.778. The SMILES string of the molecule is O=C(O)CC1=CCc2cccc(Br)c21. The Balaban J connectivity index is 2.40. The molecule has 1 aliphatic rings. The van der Waals surface area contributed by atoms with E-state index in [-0.39, 0.29) is 6.42 Å². The van der Waals surface area contributed by atoms with Crippen molar-refractivity contribution in [2.24, 2.45) is 0 Å². The molecule has 0 aliphatic heterocycles. The number of halogens is 1. The zero-order valence-corrected chi connectivity index (χ0v) is 9.04. The third-order valence-electron chi connectivity index (χ3n) is 2.33. The van der Waals surface area contributed by atoms with Gasteiger partial charge in [-0.15, -0.1) is 0 Å². The molecule has 1 N–H and O–H groups in total. The number of allylic oxidation sites excluding steroid dienone is 1. The van der Waals surface area contributed by atoms with Crippen LogP contribution in [0.5, 0.6) is 0 Å². The van der Waals surface area contributed by atoms with Crippen LogP contribution in [0.25, 0.3) is 5.57 Å². The summed E-state index contributed by atoms with van der Waals surface area (Å²) < 4.78 is 0.986. The van der Waals surface area contributed by atoms with Crippen molar-refractivity contribution in [3.05, 3.63) is 39.9 Å². The normalized spacial score (nSPS) is 13.6. The maximum absolute atomic E-state index is 10.6. The van der Waals surface area contributed by atoms with Gasteiger partial charge in [0.2, 0.25) is 0 Å². The van der Waals surface area contributed by atoms with Gasteiger partial charge in [-0.25, -0.2) is 0 Å². The Morgan fingerprint density at radius 3 is 3.00 bits per heavy atom. The summed E-state index contributed by atoms with van der Waals surface area (Å²) in [6, 6.07) is 5.95. The Labute approximate surface area is 90.4 Å². The van der Waals surface area contributed by atoms with E-state index in [2.05, 4.69) is 15.9 Å². The van der Waals surface area contributed by atoms with Crippen molar-refractivity contribution in [2.75, 3.05) is 0 Å². The standard InChI is InChI=1S/C11H9BrO2/c12-9-3-1-2-7-4-5-8(11(7)9)6-10(13)14/h1-3,5H,4,6H2,(H,13,14). The average molecular weight is 253 g/mol. The summed E-state index contributed by atoms with van der Waals surface area (Å²) in [5.74, 6) is -0.778. The zero-order valence-electron chi connectivity index (χ0n) is 7.46. The van der Waals surface area contributed by atoms with Crippen LogP contribution < -0.4 is 0 Å². The van der Waals surface area contributed by atoms with Crippen LogP contribution >= 0.6 is 15.9 Å². The molecule has 1 aliphatic carbocycles. The lowest BCUT2D eigenvalue weighted by Crippen LogP contribution is -1.96. The van der Waals surface area contributed by atoms with Crippen molar-refractivity contribution in [3.8, 4) is 0 Å². The number of benzene rings is 1. The van der Waals surface area contributed by atoms with Crippen molar-refractivity contribution in [1.82, 2.24) is 0 Å². The molecule has 0 saturated carbocycles. The van der Waals surface area contributed by atoms with Crippen molar-refractivity contribution >= 4 is 27.5 Å². The van der Waals surface area contributed by atoms with E-state index in [1.807, 2.05) is 24.3 Å². The van der Waals surface area contributed by atoms with Crippen LogP contribution in [0.3, 0.4) is 0 Å². The van der Waals surface area contributed by atoms with Crippen LogP contribution in [0.4, 0.5) is 0 Å². The Bertz CT molecular complexity index is 421. The van der Waals surface area contributed by atoms with Crippen molar-refractivity contribution in [1.29, 1.82) is 0 Å². The molecule has 3 heteroatoms. The zero-order chi connectivity index (χ0) is 10.1. The molecule has 0 heterocycles. The molecular formula is C11H9BrO2. The second-order valence-electron chi connectivity index (χ2n) is 3.28. The molecule has 2 nitrogen and oxygen atoms in total. The molecule has 0 saturated heterocycles. The Morgan fingerprint density at radius 2 is 2.29 bits per heavy atom. The lowest BCUT2D eigenvalue weighted by molar-refractivity contribution is -0.135. The summed E-state index contributed by atoms with van der Waals surface area (Å²) in [4.78, 5) is 10.6. The first-order chi connectivity index (χ1) is 6.68. The molecule has 14 heavy (non-hydrogen) atoms. The molecule has 2 rings (SSSR count). The number of aliphatic carboxylic acids is 1. The number of hydrogen-bond donors (Lipinski definition) is 1. The molecule has 1 aromatic carbocycles. The molecule has 0 amide bonds. The number of carboxylic acid groups (broad SMARTS) is 1. The molecule has 0 fully saturated rings. The molecule has 0 atom stereocenters. The first-order valence-corrected chi connectivity index (χ1v) is 5.16. The van der Waals surface area contributed by atoms with Crippen molar-refractivity contribution in [3.63, 3.8) is 0 Å². The second kappa shape index (κ2) is 3.58. The van der Waals surface area contributed by atoms with Gasteiger partial charge in [0, 0.05) is 4.47 Å². The summed E-state index contributed by atoms with van der Waals surface area (Å²) in [5, 5.41) is 8.73. The minimum absolute atomic E-state index is 0.107. The molecule has 1 aromatic rings. The van der Waals surface area contributed by atoms with Gasteiger partial charge in [0.15, 0.2) is 0 Å². The van der Waals surface area contributed by atoms with E-state index in [1.165, 1.54) is 5.56 Å². The van der Waals surface area contributed by atoms with Crippen LogP contribution in [0, 0.1) is 0 Å². The van der Waals surface area contributed by atoms with Gasteiger partial charge in [0.25, 0.3) is 0 Å². The predicted molar refractivity (Wildman–Crippen MR) is 58.1 cm³/mol. The highest BCUT2D eigenvalue weighted by Crippen LogP contribution is 2.35. The largest absolute Gasteiger partial charge is 0.481 e. The molecule has 0 spiro atoms. The van der Waals surface area contributed by atoms with Crippen LogP contribution in [0.2, 0.25) is 0 Å². The minimum Gasteiger partial charge on any atom is -0.481 e. The van der Waals surface area contributed by atoms with E-state index in [0.717, 1.165) is 22.0 Å². The summed E-state index contributed by atoms with van der Waals surface area (Å²) in [5.41, 5.74) is 3.19. The van der Waals surface area contributed by atoms with E-state index in [0.29, 0.717) is 0 Å². The van der Waals surface area contributed by atoms with Crippen LogP contribution in [0.15, 0.2) is 28.7 Å². The van der Waals surface area contributed by atoms with Crippen molar-refractivity contribution < 1.29 is 9.90 Å². The number of fused-ring (bicyclic) bond motifs is 1. The fraction of sp³-hybridized carbons (Fsp3) is 0.182. The van der Waals surface area contributed by atoms with E-state index >= 15 is 0 Å². The van der Waals surface area contributed by atoms with E-state index in [1.54, 1.807) is 0 Å². The van der Waals surface area contributed by atoms with Crippen LogP contribution in [-0.4, -0.2) is 11.1 Å². The average Bonchev–Trinajstić information content (AvgIpc) is 2.49. The Kier molecular flexibility index (Phi) is 2.42. The summed E-state index contributed by atoms with van der Waals surface area (Å²) in [6.07, 6.45) is 2.94. The third-order valence-corrected chi connectivity index (χ3v) is 2.99. The van der Waals surface area contributed by atoms with Gasteiger partial charge < -0.3 is 5.11 Å². The Hall–Kier alpha value is -1.09. The van der Waals surface area contributed by atoms with Crippen LogP contribution in [-0.2, 0) is 11.2 Å². The first-order valence-electron chi connectivity index (χ1n) is 4.37. The number of rotatable bonds is 2. The summed E-state index contributed by atoms with van der Waals surface area (Å²) in [7, 11) is 0. The molecule has 0 unspecified atom stereocenters. The first kappa shape index (κ1) is 9.46. The monoisotopic (exact) mass is 252 g/mol. The van der Waals surface area contributed by atoms with Crippen LogP contribution in [0.1, 0.15) is 17.5 Å². The lowest BCUT2D eigenvalue weighted by atomic mass is 10.0. The molecular weight excluding hydrogens is 244 g/mol. The van der Waals surface area contributed by atoms with E-state index in [9.17, 15) is 4.79 Å². The fourth-order valence-electron chi connectivity index (χ4n) is 1.76. The second-order valence-corrected chi connectivity index (χ2v) is 4.13. The molecule has 0 bridgehead atoms. The highest BCUT2D eigenvalue weighted by molar-refractivity contribution is 9.10. The third kappa shape index (κ3) is 1.60. The lowest BCUT2D eigenvalue weighted by Gasteiger charge is -2.05. The maximum atomic E-state index is 10.6. The van der Waals surface area contributed by atoms with Gasteiger partial charge in [-0.05, 0) is 29.2 Å². The maximum Gasteiger partial charge on any atom is 0.307 e. The van der Waals surface area contributed by atoms with E-state index in [4.69, 9.17) is 5.11 Å². The van der Waals surface area contributed by atoms with Gasteiger partial charge in [0.1, 0.15) is 0 Å². The van der Waals surface area contributed by atoms with Gasteiger partial charge in [-0.3, -0.25) is 4.79 Å². The molecule has 0 radical (unpaired) electrons. The van der Waals surface area contributed by atoms with Gasteiger partial charge >= 0.3 is 5.97 Å². The number of carbonyl (C=O) groups is 1. The van der Waals surface area contributed by atoms with E-state index < -0.39 is 5.97 Å². The Morgan fingerprint density at radius 1 is 1.50 bits per heavy atom. The molecule has 72 valence electrons. The van der Waals surface area contributed by atoms with Gasteiger partial charge in [-0.1, -0.05) is 34.1 Å². The highest BCUT2D eigenvalue weighted by atomic mass is 79.9. The quantitative estimate of drug-likeness (QED) is 0.879. The molecule has 0 aromatic heterocycles. The summed E-state index contributed by atoms with van der Waals surface area (Å²) >= 11 is 3.44. The van der Waals surface area contributed by atoms with Gasteiger partial charge in [0.05, 0.1) is 6.42 Å². The summed E-state index contributed by atoms with van der Waals surface area (Å²) in [6.45, 7) is 0. The van der Waals surface area contributed by atoms with Gasteiger partial charge in [-0.2, -0.15) is 0 Å². The topological polar surface area (TPSA) is 37.3 Å². The highest BCUT2D eigenvalue weighted by Gasteiger charge is 2.18. The fourth-order valence-corrected chi connectivity index (χ4v) is 2.42. The predicted octanol–water partition coefficient (Wildman–Crippen LogP) is 2.86. The number of carboxylic acids is 1. The van der Waals surface area contributed by atoms with Crippen molar-refractivity contribution in [2.45, 2.75) is 12.8 Å².